The number of hydrogen-bond acceptors (Lipinski definition) is 8. The van der Waals surface area contributed by atoms with Crippen molar-refractivity contribution >= 4 is 40.0 Å². The zero-order valence-corrected chi connectivity index (χ0v) is 20.7. The number of carbonyl (C=O) groups excluding carboxylic acids is 2. The first-order chi connectivity index (χ1) is 17.8. The zero-order valence-electron chi connectivity index (χ0n) is 20.7. The second-order valence-electron chi connectivity index (χ2n) is 9.35. The third-order valence-corrected chi connectivity index (χ3v) is 6.82. The molecule has 1 aromatic carbocycles. The van der Waals surface area contributed by atoms with Gasteiger partial charge in [0.05, 0.1) is 11.7 Å². The van der Waals surface area contributed by atoms with E-state index in [-0.39, 0.29) is 29.0 Å². The molecule has 3 heterocycles. The summed E-state index contributed by atoms with van der Waals surface area (Å²) in [7, 11) is 0. The molecule has 2 amide bonds. The van der Waals surface area contributed by atoms with Crippen LogP contribution in [-0.4, -0.2) is 47.3 Å². The number of nitrogens with two attached hydrogens (primary N) is 1. The van der Waals surface area contributed by atoms with Gasteiger partial charge in [0.15, 0.2) is 5.82 Å². The number of halogens is 1. The molecule has 2 aromatic heterocycles. The normalized spacial score (nSPS) is 18.8. The van der Waals surface area contributed by atoms with Crippen molar-refractivity contribution in [3.05, 3.63) is 35.9 Å². The highest BCUT2D eigenvalue weighted by molar-refractivity contribution is 5.99. The molecule has 1 aliphatic heterocycles. The fourth-order valence-electron chi connectivity index (χ4n) is 4.99. The number of carbonyl (C=O) groups is 2. The molecule has 0 unspecified atom stereocenters. The van der Waals surface area contributed by atoms with Gasteiger partial charge >= 0.3 is 6.09 Å². The molecular weight excluding hydrogens is 479 g/mol. The summed E-state index contributed by atoms with van der Waals surface area (Å²) in [6.07, 6.45) is 5.17. The van der Waals surface area contributed by atoms with Crippen LogP contribution in [0, 0.1) is 12.7 Å². The Bertz CT molecular complexity index is 1380. The summed E-state index contributed by atoms with van der Waals surface area (Å²) in [5.41, 5.74) is 8.48. The van der Waals surface area contributed by atoms with Crippen LogP contribution < -0.4 is 26.4 Å². The van der Waals surface area contributed by atoms with E-state index in [1.54, 1.807) is 18.3 Å². The lowest BCUT2D eigenvalue weighted by Gasteiger charge is -2.31. The van der Waals surface area contributed by atoms with Crippen molar-refractivity contribution in [3.63, 3.8) is 0 Å². The molecule has 5 rings (SSSR count). The van der Waals surface area contributed by atoms with Crippen LogP contribution in [0.25, 0.3) is 21.9 Å². The van der Waals surface area contributed by atoms with E-state index in [1.807, 2.05) is 6.92 Å². The maximum absolute atomic E-state index is 15.4. The maximum atomic E-state index is 15.4. The quantitative estimate of drug-likeness (QED) is 0.386. The van der Waals surface area contributed by atoms with Crippen LogP contribution in [0.5, 0.6) is 5.88 Å². The topological polar surface area (TPSA) is 140 Å². The second-order valence-corrected chi connectivity index (χ2v) is 9.35. The summed E-state index contributed by atoms with van der Waals surface area (Å²) in [4.78, 5) is 32.7. The smallest absolute Gasteiger partial charge is 0.413 e. The van der Waals surface area contributed by atoms with Gasteiger partial charge in [-0.3, -0.25) is 10.1 Å². The molecule has 1 aliphatic carbocycles. The predicted molar refractivity (Wildman–Crippen MR) is 138 cm³/mol. The molecule has 2 aliphatic rings. The molecule has 0 spiro atoms. The first kappa shape index (κ1) is 24.5. The van der Waals surface area contributed by atoms with E-state index in [0.717, 1.165) is 30.5 Å². The lowest BCUT2D eigenvalue weighted by molar-refractivity contribution is -0.120. The SMILES string of the molecule is CC(=O)N[C@H]1CCCC[C@@H]1OC(=O)Nc1cc2cc(-c3cnc4c(c3C)NCCO4)c(F)c(N)c2cn1. The summed E-state index contributed by atoms with van der Waals surface area (Å²) in [5.74, 6) is -0.0195. The van der Waals surface area contributed by atoms with Gasteiger partial charge < -0.3 is 25.8 Å². The van der Waals surface area contributed by atoms with E-state index in [4.69, 9.17) is 15.2 Å². The second kappa shape index (κ2) is 10.1. The molecule has 1 fully saturated rings. The molecule has 1 saturated carbocycles. The molecule has 37 heavy (non-hydrogen) atoms. The Kier molecular flexibility index (Phi) is 6.68. The summed E-state index contributed by atoms with van der Waals surface area (Å²) >= 11 is 0. The number of ether oxygens (including phenoxy) is 2. The van der Waals surface area contributed by atoms with Gasteiger partial charge in [0, 0.05) is 42.4 Å². The monoisotopic (exact) mass is 508 g/mol. The number of aromatic nitrogens is 2. The Morgan fingerprint density at radius 2 is 2.00 bits per heavy atom. The Morgan fingerprint density at radius 1 is 1.19 bits per heavy atom. The molecule has 2 atom stereocenters. The number of anilines is 3. The lowest BCUT2D eigenvalue weighted by Crippen LogP contribution is -2.46. The number of hydrogen-bond donors (Lipinski definition) is 4. The van der Waals surface area contributed by atoms with E-state index in [9.17, 15) is 9.59 Å². The first-order valence-corrected chi connectivity index (χ1v) is 12.3. The van der Waals surface area contributed by atoms with Crippen LogP contribution in [0.1, 0.15) is 38.2 Å². The average Bonchev–Trinajstić information content (AvgIpc) is 2.87. The summed E-state index contributed by atoms with van der Waals surface area (Å²) in [6, 6.07) is 3.05. The van der Waals surface area contributed by atoms with Gasteiger partial charge in [-0.25, -0.2) is 19.2 Å². The molecule has 194 valence electrons. The molecule has 10 nitrogen and oxygen atoms in total. The molecule has 11 heteroatoms. The van der Waals surface area contributed by atoms with E-state index < -0.39 is 18.0 Å². The van der Waals surface area contributed by atoms with Crippen LogP contribution in [0.3, 0.4) is 0 Å². The van der Waals surface area contributed by atoms with Gasteiger partial charge in [0.25, 0.3) is 0 Å². The number of benzene rings is 1. The Balaban J connectivity index is 1.41. The fraction of sp³-hybridized carbons (Fsp3) is 0.385. The van der Waals surface area contributed by atoms with Crippen molar-refractivity contribution in [1.82, 2.24) is 15.3 Å². The van der Waals surface area contributed by atoms with E-state index >= 15 is 4.39 Å². The number of nitrogens with one attached hydrogen (secondary N) is 3. The van der Waals surface area contributed by atoms with E-state index in [2.05, 4.69) is 25.9 Å². The van der Waals surface area contributed by atoms with Gasteiger partial charge in [-0.05, 0) is 49.3 Å². The van der Waals surface area contributed by atoms with Gasteiger partial charge in [0.2, 0.25) is 11.8 Å². The van der Waals surface area contributed by atoms with Crippen molar-refractivity contribution in [2.24, 2.45) is 0 Å². The highest BCUT2D eigenvalue weighted by atomic mass is 19.1. The molecule has 3 aromatic rings. The minimum Gasteiger partial charge on any atom is -0.474 e. The number of rotatable bonds is 4. The van der Waals surface area contributed by atoms with Crippen molar-refractivity contribution in [3.8, 4) is 17.0 Å². The fourth-order valence-corrected chi connectivity index (χ4v) is 4.99. The van der Waals surface area contributed by atoms with E-state index in [1.165, 1.54) is 13.1 Å². The highest BCUT2D eigenvalue weighted by Crippen LogP contribution is 2.39. The number of nitrogens with zero attached hydrogens (tertiary/aromatic N) is 2. The van der Waals surface area contributed by atoms with Crippen molar-refractivity contribution in [2.75, 3.05) is 29.5 Å². The Morgan fingerprint density at radius 3 is 2.81 bits per heavy atom. The minimum atomic E-state index is -0.676. The standard InChI is InChI=1S/C26H29FN6O4/c1-13-17(11-31-25-24(13)29-7-8-36-25)16-9-15-10-21(30-12-18(15)23(28)22(16)27)33-26(35)37-20-6-4-3-5-19(20)32-14(2)34/h9-12,19-20,29H,3-8,28H2,1-2H3,(H,32,34)(H,30,33,35)/t19-,20-/m0/s1. The predicted octanol–water partition coefficient (Wildman–Crippen LogP) is 4.13. The van der Waals surface area contributed by atoms with Crippen LogP contribution in [0.4, 0.5) is 26.4 Å². The molecule has 0 saturated heterocycles. The van der Waals surface area contributed by atoms with Crippen molar-refractivity contribution in [2.45, 2.75) is 51.7 Å². The third kappa shape index (κ3) is 4.93. The highest BCUT2D eigenvalue weighted by Gasteiger charge is 2.29. The minimum absolute atomic E-state index is 0.0455. The first-order valence-electron chi connectivity index (χ1n) is 12.3. The molecular formula is C26H29FN6O4. The summed E-state index contributed by atoms with van der Waals surface area (Å²) in [5, 5.41) is 9.76. The number of pyridine rings is 2. The van der Waals surface area contributed by atoms with E-state index in [0.29, 0.717) is 41.8 Å². The number of amides is 2. The maximum Gasteiger partial charge on any atom is 0.413 e. The molecule has 5 N–H and O–H groups in total. The van der Waals surface area contributed by atoms with Gasteiger partial charge in [0.1, 0.15) is 24.2 Å². The van der Waals surface area contributed by atoms with Crippen molar-refractivity contribution in [1.29, 1.82) is 0 Å². The van der Waals surface area contributed by atoms with Crippen molar-refractivity contribution < 1.29 is 23.5 Å². The summed E-state index contributed by atoms with van der Waals surface area (Å²) in [6.45, 7) is 4.45. The Hall–Kier alpha value is -4.15. The Labute approximate surface area is 213 Å². The summed E-state index contributed by atoms with van der Waals surface area (Å²) < 4.78 is 26.6. The van der Waals surface area contributed by atoms with Crippen LogP contribution in [0.2, 0.25) is 0 Å². The number of fused-ring (bicyclic) bond motifs is 2. The van der Waals surface area contributed by atoms with Gasteiger partial charge in [-0.15, -0.1) is 0 Å². The van der Waals surface area contributed by atoms with Crippen LogP contribution in [0.15, 0.2) is 24.5 Å². The largest absolute Gasteiger partial charge is 0.474 e. The lowest BCUT2D eigenvalue weighted by atomic mass is 9.92. The van der Waals surface area contributed by atoms with Gasteiger partial charge in [-0.1, -0.05) is 6.42 Å². The van der Waals surface area contributed by atoms with Crippen LogP contribution >= 0.6 is 0 Å². The van der Waals surface area contributed by atoms with Crippen LogP contribution in [-0.2, 0) is 9.53 Å². The third-order valence-electron chi connectivity index (χ3n) is 6.82. The molecule has 0 radical (unpaired) electrons. The van der Waals surface area contributed by atoms with Gasteiger partial charge in [-0.2, -0.15) is 0 Å². The average molecular weight is 509 g/mol. The zero-order chi connectivity index (χ0) is 26.1. The molecule has 0 bridgehead atoms. The number of nitrogen functional groups attached to an aromatic ring is 1.